The fraction of sp³-hybridized carbons (Fsp3) is 0.571. The Morgan fingerprint density at radius 2 is 1.93 bits per heavy atom. The summed E-state index contributed by atoms with van der Waals surface area (Å²) >= 11 is 0. The van der Waals surface area contributed by atoms with Crippen LogP contribution in [0.3, 0.4) is 0 Å². The Balaban J connectivity index is 1.91. The fourth-order valence-corrected chi connectivity index (χ4v) is 2.91. The maximum Gasteiger partial charge on any atom is 0.321 e. The van der Waals surface area contributed by atoms with E-state index < -0.39 is 72.8 Å². The third-order valence-electron chi connectivity index (χ3n) is 4.29. The normalized spacial score (nSPS) is 26.6. The number of aliphatic hydroxyl groups is 3. The third-order valence-corrected chi connectivity index (χ3v) is 4.29. The Hall–Kier alpha value is -2.90. The number of hydrogen-bond donors (Lipinski definition) is 7. The number of hydrogen-bond acceptors (Lipinski definition) is 9. The van der Waals surface area contributed by atoms with E-state index in [1.54, 1.807) is 0 Å². The second-order valence-corrected chi connectivity index (χ2v) is 6.14. The number of carbonyl (C=O) groups excluding carboxylic acids is 3. The van der Waals surface area contributed by atoms with Gasteiger partial charge in [0, 0.05) is 13.0 Å². The number of nitrogens with zero attached hydrogens (tertiary/aromatic N) is 1. The second-order valence-electron chi connectivity index (χ2n) is 6.14. The molecule has 150 valence electrons. The van der Waals surface area contributed by atoms with E-state index >= 15 is 0 Å². The molecule has 1 fully saturated rings. The number of nitrogens with one attached hydrogen (secondary N) is 1. The molecule has 0 spiro atoms. The molecule has 0 aromatic heterocycles. The maximum absolute atomic E-state index is 11.8. The quantitative estimate of drug-likeness (QED) is 0.219. The minimum Gasteiger partial charge on any atom is -0.508 e. The Kier molecular flexibility index (Phi) is 5.58. The van der Waals surface area contributed by atoms with E-state index in [0.29, 0.717) is 0 Å². The number of imide groups is 1. The molecule has 1 saturated carbocycles. The van der Waals surface area contributed by atoms with Crippen molar-refractivity contribution in [2.24, 2.45) is 17.4 Å². The van der Waals surface area contributed by atoms with Gasteiger partial charge in [0.15, 0.2) is 5.76 Å². The fourth-order valence-electron chi connectivity index (χ4n) is 2.91. The standard InChI is InChI=1S/C14H20N4O9/c15-5(12(23)24)3-8(21)17-7(20)1-2-18(13(16)25)11-9-10(22)6(4-19)27-14(9,11)26/h5,9,11,19,22,26H,1-4,15H2,(H2,16,25)(H,23,24)(H,17,20,21)/t5-,9?,11-,14?/m0/s1. The minimum absolute atomic E-state index is 0.221. The molecule has 13 heteroatoms. The Labute approximate surface area is 152 Å². The summed E-state index contributed by atoms with van der Waals surface area (Å²) in [5.41, 5.74) is 10.4. The van der Waals surface area contributed by atoms with Gasteiger partial charge in [-0.2, -0.15) is 0 Å². The van der Waals surface area contributed by atoms with Gasteiger partial charge in [0.05, 0.1) is 6.42 Å². The molecule has 2 aliphatic rings. The zero-order valence-corrected chi connectivity index (χ0v) is 14.0. The SMILES string of the molecule is NC(=O)N(CCC(=O)NC(=O)C[C@H](N)C(=O)O)[C@H]1C2C(O)=C(CO)OC21O. The van der Waals surface area contributed by atoms with Crippen LogP contribution in [0.25, 0.3) is 0 Å². The van der Waals surface area contributed by atoms with E-state index in [4.69, 9.17) is 26.4 Å². The van der Waals surface area contributed by atoms with Crippen LogP contribution in [-0.4, -0.2) is 80.2 Å². The first-order valence-electron chi connectivity index (χ1n) is 7.84. The van der Waals surface area contributed by atoms with Gasteiger partial charge in [-0.15, -0.1) is 0 Å². The zero-order chi connectivity index (χ0) is 20.5. The molecule has 9 N–H and O–H groups in total. The number of rotatable bonds is 8. The molecule has 4 atom stereocenters. The lowest BCUT2D eigenvalue weighted by Gasteiger charge is -2.23. The van der Waals surface area contributed by atoms with Gasteiger partial charge in [0.25, 0.3) is 0 Å². The molecule has 13 nitrogen and oxygen atoms in total. The summed E-state index contributed by atoms with van der Waals surface area (Å²) in [5, 5.41) is 39.7. The van der Waals surface area contributed by atoms with Crippen LogP contribution in [0, 0.1) is 5.92 Å². The molecule has 27 heavy (non-hydrogen) atoms. The number of aliphatic carboxylic acids is 1. The van der Waals surface area contributed by atoms with Crippen LogP contribution in [0.2, 0.25) is 0 Å². The minimum atomic E-state index is -1.95. The van der Waals surface area contributed by atoms with Gasteiger partial charge < -0.3 is 41.5 Å². The van der Waals surface area contributed by atoms with Crippen LogP contribution >= 0.6 is 0 Å². The number of primary amides is 1. The lowest BCUT2D eigenvalue weighted by Crippen LogP contribution is -2.45. The number of nitrogens with two attached hydrogens (primary N) is 2. The highest BCUT2D eigenvalue weighted by Gasteiger charge is 2.76. The Morgan fingerprint density at radius 1 is 1.30 bits per heavy atom. The molecule has 0 bridgehead atoms. The number of carboxylic acids is 1. The van der Waals surface area contributed by atoms with Crippen LogP contribution in [0.1, 0.15) is 12.8 Å². The van der Waals surface area contributed by atoms with Crippen molar-refractivity contribution in [2.75, 3.05) is 13.2 Å². The number of carbonyl (C=O) groups is 4. The van der Waals surface area contributed by atoms with Crippen LogP contribution in [0.5, 0.6) is 0 Å². The van der Waals surface area contributed by atoms with E-state index in [2.05, 4.69) is 0 Å². The van der Waals surface area contributed by atoms with Gasteiger partial charge in [-0.25, -0.2) is 4.79 Å². The van der Waals surface area contributed by atoms with Crippen LogP contribution < -0.4 is 16.8 Å². The largest absolute Gasteiger partial charge is 0.508 e. The Bertz CT molecular complexity index is 709. The summed E-state index contributed by atoms with van der Waals surface area (Å²) in [6, 6.07) is -3.53. The molecule has 1 aliphatic heterocycles. The molecule has 1 heterocycles. The zero-order valence-electron chi connectivity index (χ0n) is 14.0. The van der Waals surface area contributed by atoms with Gasteiger partial charge in [0.1, 0.15) is 30.4 Å². The van der Waals surface area contributed by atoms with Crippen molar-refractivity contribution in [3.05, 3.63) is 11.5 Å². The predicted molar refractivity (Wildman–Crippen MR) is 84.3 cm³/mol. The molecule has 4 amide bonds. The van der Waals surface area contributed by atoms with Crippen LogP contribution in [-0.2, 0) is 19.1 Å². The lowest BCUT2D eigenvalue weighted by molar-refractivity contribution is -0.141. The number of aliphatic hydroxyl groups excluding tert-OH is 2. The molecular weight excluding hydrogens is 368 g/mol. The van der Waals surface area contributed by atoms with Crippen molar-refractivity contribution in [1.82, 2.24) is 10.2 Å². The average Bonchev–Trinajstić information content (AvgIpc) is 3.06. The van der Waals surface area contributed by atoms with Crippen LogP contribution in [0.15, 0.2) is 11.5 Å². The molecule has 2 rings (SSSR count). The summed E-state index contributed by atoms with van der Waals surface area (Å²) in [5.74, 6) is -6.72. The lowest BCUT2D eigenvalue weighted by atomic mass is 10.2. The molecule has 0 aromatic carbocycles. The Morgan fingerprint density at radius 3 is 2.37 bits per heavy atom. The van der Waals surface area contributed by atoms with Gasteiger partial charge in [-0.05, 0) is 0 Å². The number of fused-ring (bicyclic) bond motifs is 1. The van der Waals surface area contributed by atoms with Gasteiger partial charge in [0.2, 0.25) is 17.6 Å². The summed E-state index contributed by atoms with van der Waals surface area (Å²) in [6.07, 6.45) is -1.00. The molecule has 0 radical (unpaired) electrons. The monoisotopic (exact) mass is 388 g/mol. The first-order valence-corrected chi connectivity index (χ1v) is 7.84. The van der Waals surface area contributed by atoms with E-state index in [0.717, 1.165) is 4.90 Å². The van der Waals surface area contributed by atoms with Gasteiger partial charge >= 0.3 is 12.0 Å². The average molecular weight is 388 g/mol. The highest BCUT2D eigenvalue weighted by Crippen LogP contribution is 2.58. The molecule has 1 aliphatic carbocycles. The number of carboxylic acid groups (broad SMARTS) is 1. The van der Waals surface area contributed by atoms with Crippen molar-refractivity contribution in [3.63, 3.8) is 0 Å². The number of ether oxygens (including phenoxy) is 1. The van der Waals surface area contributed by atoms with Gasteiger partial charge in [-0.3, -0.25) is 19.7 Å². The summed E-state index contributed by atoms with van der Waals surface area (Å²) in [4.78, 5) is 46.4. The van der Waals surface area contributed by atoms with Crippen LogP contribution in [0.4, 0.5) is 4.79 Å². The first kappa shape index (κ1) is 20.4. The molecule has 0 aromatic rings. The second kappa shape index (κ2) is 7.38. The van der Waals surface area contributed by atoms with Crippen molar-refractivity contribution in [3.8, 4) is 0 Å². The highest BCUT2D eigenvalue weighted by molar-refractivity contribution is 5.97. The van der Waals surface area contributed by atoms with Crippen molar-refractivity contribution < 1.29 is 44.3 Å². The summed E-state index contributed by atoms with van der Waals surface area (Å²) in [7, 11) is 0. The summed E-state index contributed by atoms with van der Waals surface area (Å²) in [6.45, 7) is -0.953. The smallest absolute Gasteiger partial charge is 0.321 e. The van der Waals surface area contributed by atoms with Crippen molar-refractivity contribution in [1.29, 1.82) is 0 Å². The first-order chi connectivity index (χ1) is 12.5. The predicted octanol–water partition coefficient (Wildman–Crippen LogP) is -3.32. The summed E-state index contributed by atoms with van der Waals surface area (Å²) < 4.78 is 5.03. The van der Waals surface area contributed by atoms with Crippen molar-refractivity contribution >= 4 is 23.8 Å². The highest BCUT2D eigenvalue weighted by atomic mass is 16.7. The van der Waals surface area contributed by atoms with Crippen molar-refractivity contribution in [2.45, 2.75) is 30.7 Å². The number of urea groups is 1. The van der Waals surface area contributed by atoms with Gasteiger partial charge in [-0.1, -0.05) is 0 Å². The maximum atomic E-state index is 11.8. The number of amides is 4. The van der Waals surface area contributed by atoms with E-state index in [1.165, 1.54) is 0 Å². The molecule has 0 saturated heterocycles. The van der Waals surface area contributed by atoms with E-state index in [9.17, 15) is 29.4 Å². The van der Waals surface area contributed by atoms with E-state index in [-0.39, 0.29) is 12.3 Å². The topological polar surface area (TPSA) is 226 Å². The third kappa shape index (κ3) is 3.94. The molecular formula is C14H20N4O9. The molecule has 2 unspecified atom stereocenters. The van der Waals surface area contributed by atoms with E-state index in [1.807, 2.05) is 5.32 Å².